The molecule has 3 N–H and O–H groups in total. The number of aromatic carboxylic acids is 1. The minimum atomic E-state index is -1.38. The van der Waals surface area contributed by atoms with Gasteiger partial charge in [0.1, 0.15) is 5.75 Å². The third-order valence-electron chi connectivity index (χ3n) is 4.26. The topological polar surface area (TPSA) is 126 Å². The largest absolute Gasteiger partial charge is 0.547 e. The highest BCUT2D eigenvalue weighted by atomic mass is 16.5. The predicted octanol–water partition coefficient (Wildman–Crippen LogP) is 0.882. The van der Waals surface area contributed by atoms with E-state index in [0.717, 1.165) is 0 Å². The highest BCUT2D eigenvalue weighted by molar-refractivity contribution is 6.47. The summed E-state index contributed by atoms with van der Waals surface area (Å²) in [5.74, 6) is -2.39. The molecule has 0 spiro atoms. The van der Waals surface area contributed by atoms with Crippen molar-refractivity contribution in [1.82, 2.24) is 10.3 Å². The zero-order valence-electron chi connectivity index (χ0n) is 14.3. The molecular weight excluding hydrogens is 351 g/mol. The second-order valence-electron chi connectivity index (χ2n) is 6.15. The maximum Gasteiger partial charge on any atom is 0.547 e. The normalized spacial score (nSPS) is 15.4. The number of aromatic nitrogens is 1. The Hall–Kier alpha value is -3.20. The Bertz CT molecular complexity index is 873. The van der Waals surface area contributed by atoms with E-state index in [-0.39, 0.29) is 36.4 Å². The molecule has 1 amide bonds. The van der Waals surface area contributed by atoms with Crippen molar-refractivity contribution in [2.24, 2.45) is 0 Å². The van der Waals surface area contributed by atoms with Crippen LogP contribution in [0.2, 0.25) is 0 Å². The first-order valence-corrected chi connectivity index (χ1v) is 8.38. The van der Waals surface area contributed by atoms with Gasteiger partial charge >= 0.3 is 13.1 Å². The van der Waals surface area contributed by atoms with Crippen molar-refractivity contribution in [1.29, 1.82) is 0 Å². The number of carbonyl (C=O) groups excluding carboxylic acids is 2. The van der Waals surface area contributed by atoms with E-state index in [1.165, 1.54) is 12.3 Å². The van der Waals surface area contributed by atoms with Crippen LogP contribution >= 0.6 is 0 Å². The number of benzene rings is 1. The summed E-state index contributed by atoms with van der Waals surface area (Å²) in [5, 5.41) is 21.9. The van der Waals surface area contributed by atoms with Crippen molar-refractivity contribution in [3.8, 4) is 5.75 Å². The minimum Gasteiger partial charge on any atom is -0.534 e. The number of fused-ring (bicyclic) bond motifs is 1. The number of hydrogen-bond acceptors (Lipinski definition) is 6. The molecule has 2 aromatic rings. The molecule has 138 valence electrons. The zero-order valence-corrected chi connectivity index (χ0v) is 14.3. The van der Waals surface area contributed by atoms with Crippen LogP contribution in [0.3, 0.4) is 0 Å². The van der Waals surface area contributed by atoms with Gasteiger partial charge in [-0.25, -0.2) is 4.79 Å². The lowest BCUT2D eigenvalue weighted by molar-refractivity contribution is -0.121. The molecule has 0 radical (unpaired) electrons. The Kier molecular flexibility index (Phi) is 5.51. The summed E-state index contributed by atoms with van der Waals surface area (Å²) in [6, 6.07) is 7.92. The molecule has 1 aliphatic rings. The molecule has 1 aromatic heterocycles. The van der Waals surface area contributed by atoms with Gasteiger partial charge in [0.25, 0.3) is 0 Å². The monoisotopic (exact) mass is 368 g/mol. The SMILES string of the molecule is O=C(CCC(=O)c1cccnc1)N[C@H]1Cc2cccc(C(=O)O)c2OB1O. The smallest absolute Gasteiger partial charge is 0.534 e. The number of Topliss-reactive ketones (excluding diaryl/α,β-unsaturated/α-hetero) is 1. The van der Waals surface area contributed by atoms with Gasteiger partial charge in [-0.1, -0.05) is 12.1 Å². The Labute approximate surface area is 155 Å². The predicted molar refractivity (Wildman–Crippen MR) is 95.4 cm³/mol. The highest BCUT2D eigenvalue weighted by Crippen LogP contribution is 2.30. The molecular formula is C18H17BN2O6. The molecule has 0 fully saturated rings. The molecule has 0 bridgehead atoms. The first-order chi connectivity index (χ1) is 13.0. The summed E-state index contributed by atoms with van der Waals surface area (Å²) < 4.78 is 5.32. The molecule has 1 atom stereocenters. The summed E-state index contributed by atoms with van der Waals surface area (Å²) in [7, 11) is -1.38. The Morgan fingerprint density at radius 3 is 2.74 bits per heavy atom. The van der Waals surface area contributed by atoms with Crippen molar-refractivity contribution in [2.75, 3.05) is 0 Å². The van der Waals surface area contributed by atoms with Gasteiger partial charge in [0.15, 0.2) is 5.78 Å². The number of carboxylic acids is 1. The summed E-state index contributed by atoms with van der Waals surface area (Å²) in [6.45, 7) is 0. The Morgan fingerprint density at radius 2 is 2.04 bits per heavy atom. The van der Waals surface area contributed by atoms with E-state index in [0.29, 0.717) is 11.1 Å². The molecule has 0 aliphatic carbocycles. The van der Waals surface area contributed by atoms with Gasteiger partial charge in [-0.3, -0.25) is 14.6 Å². The van der Waals surface area contributed by atoms with Crippen LogP contribution < -0.4 is 9.97 Å². The second kappa shape index (κ2) is 8.00. The number of carbonyl (C=O) groups is 3. The average Bonchev–Trinajstić information content (AvgIpc) is 2.66. The van der Waals surface area contributed by atoms with Crippen molar-refractivity contribution in [3.63, 3.8) is 0 Å². The summed E-state index contributed by atoms with van der Waals surface area (Å²) >= 11 is 0. The maximum atomic E-state index is 12.1. The summed E-state index contributed by atoms with van der Waals surface area (Å²) in [5.41, 5.74) is 0.969. The number of nitrogens with one attached hydrogen (secondary N) is 1. The minimum absolute atomic E-state index is 0.0148. The number of amides is 1. The number of ketones is 1. The van der Waals surface area contributed by atoms with E-state index in [4.69, 9.17) is 4.65 Å². The summed E-state index contributed by atoms with van der Waals surface area (Å²) in [4.78, 5) is 39.3. The number of nitrogens with zero attached hydrogens (tertiary/aromatic N) is 1. The van der Waals surface area contributed by atoms with Crippen LogP contribution in [0.15, 0.2) is 42.7 Å². The fraction of sp³-hybridized carbons (Fsp3) is 0.222. The molecule has 9 heteroatoms. The van der Waals surface area contributed by atoms with Crippen LogP contribution in [0.25, 0.3) is 0 Å². The molecule has 0 unspecified atom stereocenters. The molecule has 0 saturated heterocycles. The quantitative estimate of drug-likeness (QED) is 0.510. The fourth-order valence-electron chi connectivity index (χ4n) is 2.89. The van der Waals surface area contributed by atoms with Crippen LogP contribution in [0.4, 0.5) is 0 Å². The Balaban J connectivity index is 1.59. The van der Waals surface area contributed by atoms with Gasteiger partial charge in [0.05, 0.1) is 11.5 Å². The van der Waals surface area contributed by atoms with Gasteiger partial charge in [-0.15, -0.1) is 0 Å². The van der Waals surface area contributed by atoms with Gasteiger partial charge in [0.2, 0.25) is 5.91 Å². The lowest BCUT2D eigenvalue weighted by Gasteiger charge is -2.28. The molecule has 3 rings (SSSR count). The highest BCUT2D eigenvalue weighted by Gasteiger charge is 2.37. The van der Waals surface area contributed by atoms with E-state index >= 15 is 0 Å². The van der Waals surface area contributed by atoms with Crippen molar-refractivity contribution in [3.05, 3.63) is 59.4 Å². The van der Waals surface area contributed by atoms with Crippen LogP contribution in [-0.2, 0) is 11.2 Å². The number of para-hydroxylation sites is 1. The zero-order chi connectivity index (χ0) is 19.4. The van der Waals surface area contributed by atoms with Crippen molar-refractivity contribution in [2.45, 2.75) is 25.2 Å². The Morgan fingerprint density at radius 1 is 1.22 bits per heavy atom. The van der Waals surface area contributed by atoms with E-state index in [1.54, 1.807) is 30.5 Å². The lowest BCUT2D eigenvalue weighted by Crippen LogP contribution is -2.53. The molecule has 0 saturated carbocycles. The molecule has 27 heavy (non-hydrogen) atoms. The first kappa shape index (κ1) is 18.6. The van der Waals surface area contributed by atoms with Crippen LogP contribution in [0.1, 0.15) is 39.1 Å². The average molecular weight is 368 g/mol. The van der Waals surface area contributed by atoms with Crippen LogP contribution in [0.5, 0.6) is 5.75 Å². The maximum absolute atomic E-state index is 12.1. The van der Waals surface area contributed by atoms with Crippen molar-refractivity contribution >= 4 is 24.8 Å². The van der Waals surface area contributed by atoms with E-state index in [1.807, 2.05) is 0 Å². The fourth-order valence-corrected chi connectivity index (χ4v) is 2.89. The van der Waals surface area contributed by atoms with E-state index < -0.39 is 24.9 Å². The first-order valence-electron chi connectivity index (χ1n) is 8.38. The second-order valence-corrected chi connectivity index (χ2v) is 6.15. The third-order valence-corrected chi connectivity index (χ3v) is 4.26. The van der Waals surface area contributed by atoms with Crippen molar-refractivity contribution < 1.29 is 29.2 Å². The van der Waals surface area contributed by atoms with Gasteiger partial charge in [0, 0.05) is 30.8 Å². The van der Waals surface area contributed by atoms with E-state index in [2.05, 4.69) is 10.3 Å². The van der Waals surface area contributed by atoms with E-state index in [9.17, 15) is 24.5 Å². The molecule has 2 heterocycles. The molecule has 1 aromatic carbocycles. The summed E-state index contributed by atoms with van der Waals surface area (Å²) in [6.07, 6.45) is 3.19. The van der Waals surface area contributed by atoms with Gasteiger partial charge in [-0.2, -0.15) is 0 Å². The number of carboxylic acid groups (broad SMARTS) is 1. The standard InChI is InChI=1S/C18H17BN2O6/c22-14(12-4-2-8-20-10-12)6-7-16(23)21-15-9-11-3-1-5-13(18(24)25)17(11)27-19(15)26/h1-5,8,10,15,26H,6-7,9H2,(H,21,23)(H,24,25)/t15-/m0/s1. The number of hydrogen-bond donors (Lipinski definition) is 3. The lowest BCUT2D eigenvalue weighted by atomic mass is 9.72. The molecule has 8 nitrogen and oxygen atoms in total. The van der Waals surface area contributed by atoms with Gasteiger partial charge < -0.3 is 20.1 Å². The van der Waals surface area contributed by atoms with Crippen LogP contribution in [-0.4, -0.2) is 45.8 Å². The number of rotatable bonds is 6. The number of pyridine rings is 1. The third kappa shape index (κ3) is 4.32. The van der Waals surface area contributed by atoms with Crippen LogP contribution in [0, 0.1) is 0 Å². The van der Waals surface area contributed by atoms with Gasteiger partial charge in [-0.05, 0) is 30.2 Å². The molecule has 1 aliphatic heterocycles.